The molecule has 1 N–H and O–H groups in total. The highest BCUT2D eigenvalue weighted by Gasteiger charge is 1.96. The van der Waals surface area contributed by atoms with Crippen molar-refractivity contribution in [3.8, 4) is 11.5 Å². The van der Waals surface area contributed by atoms with Gasteiger partial charge in [0.1, 0.15) is 18.1 Å². The molecule has 0 amide bonds. The first-order chi connectivity index (χ1) is 9.22. The third-order valence-corrected chi connectivity index (χ3v) is 2.58. The predicted octanol–water partition coefficient (Wildman–Crippen LogP) is 2.01. The van der Waals surface area contributed by atoms with E-state index >= 15 is 0 Å². The SMILES string of the molecule is CCCOc1ccc(OCCNCCN(C)C)cc1. The van der Waals surface area contributed by atoms with Crippen LogP contribution < -0.4 is 14.8 Å². The Hall–Kier alpha value is -1.26. The molecule has 1 rings (SSSR count). The van der Waals surface area contributed by atoms with E-state index in [1.54, 1.807) is 0 Å². The van der Waals surface area contributed by atoms with E-state index in [4.69, 9.17) is 9.47 Å². The maximum Gasteiger partial charge on any atom is 0.119 e. The first-order valence-corrected chi connectivity index (χ1v) is 6.93. The Labute approximate surface area is 116 Å². The second kappa shape index (κ2) is 9.64. The number of nitrogens with one attached hydrogen (secondary N) is 1. The summed E-state index contributed by atoms with van der Waals surface area (Å²) in [7, 11) is 4.14. The van der Waals surface area contributed by atoms with Crippen molar-refractivity contribution < 1.29 is 9.47 Å². The second-order valence-corrected chi connectivity index (χ2v) is 4.72. The van der Waals surface area contributed by atoms with Gasteiger partial charge in [-0.2, -0.15) is 0 Å². The van der Waals surface area contributed by atoms with Crippen molar-refractivity contribution in [1.82, 2.24) is 10.2 Å². The van der Waals surface area contributed by atoms with Crippen LogP contribution in [-0.4, -0.2) is 51.8 Å². The molecule has 0 aliphatic rings. The van der Waals surface area contributed by atoms with Crippen molar-refractivity contribution in [3.05, 3.63) is 24.3 Å². The normalized spacial score (nSPS) is 10.7. The number of likely N-dealkylation sites (N-methyl/N-ethyl adjacent to an activating group) is 1. The van der Waals surface area contributed by atoms with Crippen LogP contribution in [0.2, 0.25) is 0 Å². The third kappa shape index (κ3) is 7.70. The van der Waals surface area contributed by atoms with Crippen molar-refractivity contribution in [2.45, 2.75) is 13.3 Å². The van der Waals surface area contributed by atoms with Crippen molar-refractivity contribution in [2.75, 3.05) is 46.9 Å². The molecule has 0 saturated carbocycles. The quantitative estimate of drug-likeness (QED) is 0.657. The Morgan fingerprint density at radius 1 is 0.947 bits per heavy atom. The summed E-state index contributed by atoms with van der Waals surface area (Å²) in [6, 6.07) is 7.80. The molecule has 108 valence electrons. The first kappa shape index (κ1) is 15.8. The molecule has 0 heterocycles. The van der Waals surface area contributed by atoms with Gasteiger partial charge in [0.25, 0.3) is 0 Å². The molecule has 0 radical (unpaired) electrons. The number of nitrogens with zero attached hydrogens (tertiary/aromatic N) is 1. The van der Waals surface area contributed by atoms with Crippen molar-refractivity contribution in [1.29, 1.82) is 0 Å². The number of hydrogen-bond donors (Lipinski definition) is 1. The van der Waals surface area contributed by atoms with Gasteiger partial charge in [0.2, 0.25) is 0 Å². The van der Waals surface area contributed by atoms with Gasteiger partial charge in [-0.05, 0) is 44.8 Å². The Bertz CT molecular complexity index is 325. The third-order valence-electron chi connectivity index (χ3n) is 2.58. The summed E-state index contributed by atoms with van der Waals surface area (Å²) >= 11 is 0. The summed E-state index contributed by atoms with van der Waals surface area (Å²) in [6.07, 6.45) is 1.02. The molecule has 4 heteroatoms. The summed E-state index contributed by atoms with van der Waals surface area (Å²) < 4.78 is 11.2. The van der Waals surface area contributed by atoms with Crippen LogP contribution in [0.15, 0.2) is 24.3 Å². The zero-order chi connectivity index (χ0) is 13.9. The molecule has 0 spiro atoms. The smallest absolute Gasteiger partial charge is 0.119 e. The molecule has 0 atom stereocenters. The van der Waals surface area contributed by atoms with Gasteiger partial charge < -0.3 is 19.7 Å². The minimum atomic E-state index is 0.683. The minimum Gasteiger partial charge on any atom is -0.494 e. The number of ether oxygens (including phenoxy) is 2. The molecule has 0 aromatic heterocycles. The summed E-state index contributed by atoms with van der Waals surface area (Å²) in [5.41, 5.74) is 0. The van der Waals surface area contributed by atoms with E-state index in [1.807, 2.05) is 24.3 Å². The Balaban J connectivity index is 2.12. The highest BCUT2D eigenvalue weighted by atomic mass is 16.5. The van der Waals surface area contributed by atoms with Gasteiger partial charge in [0.15, 0.2) is 0 Å². The molecule has 0 aliphatic carbocycles. The lowest BCUT2D eigenvalue weighted by Crippen LogP contribution is -2.29. The van der Waals surface area contributed by atoms with Crippen molar-refractivity contribution >= 4 is 0 Å². The van der Waals surface area contributed by atoms with Crippen LogP contribution in [0, 0.1) is 0 Å². The number of hydrogen-bond acceptors (Lipinski definition) is 4. The van der Waals surface area contributed by atoms with Crippen molar-refractivity contribution in [3.63, 3.8) is 0 Å². The molecule has 0 bridgehead atoms. The maximum absolute atomic E-state index is 5.64. The van der Waals surface area contributed by atoms with E-state index in [2.05, 4.69) is 31.2 Å². The number of rotatable bonds is 10. The van der Waals surface area contributed by atoms with E-state index < -0.39 is 0 Å². The van der Waals surface area contributed by atoms with Gasteiger partial charge in [-0.3, -0.25) is 0 Å². The highest BCUT2D eigenvalue weighted by molar-refractivity contribution is 5.31. The van der Waals surface area contributed by atoms with E-state index in [-0.39, 0.29) is 0 Å². The van der Waals surface area contributed by atoms with Crippen LogP contribution in [0.5, 0.6) is 11.5 Å². The monoisotopic (exact) mass is 266 g/mol. The molecule has 0 aliphatic heterocycles. The van der Waals surface area contributed by atoms with Crippen LogP contribution in [0.25, 0.3) is 0 Å². The van der Waals surface area contributed by atoms with Gasteiger partial charge >= 0.3 is 0 Å². The maximum atomic E-state index is 5.64. The number of benzene rings is 1. The molecule has 0 fully saturated rings. The Morgan fingerprint density at radius 3 is 2.05 bits per heavy atom. The minimum absolute atomic E-state index is 0.683. The first-order valence-electron chi connectivity index (χ1n) is 6.93. The molecular formula is C15H26N2O2. The molecule has 1 aromatic rings. The summed E-state index contributed by atoms with van der Waals surface area (Å²) in [5, 5.41) is 3.33. The van der Waals surface area contributed by atoms with Crippen LogP contribution in [0.4, 0.5) is 0 Å². The van der Waals surface area contributed by atoms with Gasteiger partial charge in [0.05, 0.1) is 6.61 Å². The zero-order valence-electron chi connectivity index (χ0n) is 12.3. The molecule has 19 heavy (non-hydrogen) atoms. The standard InChI is InChI=1S/C15H26N2O2/c1-4-12-18-14-5-7-15(8-6-14)19-13-10-16-9-11-17(2)3/h5-8,16H,4,9-13H2,1-3H3. The van der Waals surface area contributed by atoms with Crippen LogP contribution >= 0.6 is 0 Å². The van der Waals surface area contributed by atoms with Gasteiger partial charge in [-0.1, -0.05) is 6.92 Å². The zero-order valence-corrected chi connectivity index (χ0v) is 12.3. The largest absolute Gasteiger partial charge is 0.494 e. The molecule has 1 aromatic carbocycles. The van der Waals surface area contributed by atoms with Gasteiger partial charge in [-0.15, -0.1) is 0 Å². The molecule has 4 nitrogen and oxygen atoms in total. The lowest BCUT2D eigenvalue weighted by Gasteiger charge is -2.11. The Morgan fingerprint density at radius 2 is 1.53 bits per heavy atom. The van der Waals surface area contributed by atoms with Crippen LogP contribution in [0.1, 0.15) is 13.3 Å². The average molecular weight is 266 g/mol. The topological polar surface area (TPSA) is 33.7 Å². The molecule has 0 unspecified atom stereocenters. The van der Waals surface area contributed by atoms with Crippen molar-refractivity contribution in [2.24, 2.45) is 0 Å². The average Bonchev–Trinajstić information content (AvgIpc) is 2.41. The van der Waals surface area contributed by atoms with E-state index in [1.165, 1.54) is 0 Å². The van der Waals surface area contributed by atoms with E-state index in [0.29, 0.717) is 6.61 Å². The lowest BCUT2D eigenvalue weighted by atomic mass is 10.3. The second-order valence-electron chi connectivity index (χ2n) is 4.72. The fourth-order valence-corrected chi connectivity index (χ4v) is 1.52. The summed E-state index contributed by atoms with van der Waals surface area (Å²) in [6.45, 7) is 6.44. The fraction of sp³-hybridized carbons (Fsp3) is 0.600. The van der Waals surface area contributed by atoms with Crippen LogP contribution in [-0.2, 0) is 0 Å². The van der Waals surface area contributed by atoms with Gasteiger partial charge in [0, 0.05) is 19.6 Å². The predicted molar refractivity (Wildman–Crippen MR) is 79.1 cm³/mol. The Kier molecular flexibility index (Phi) is 8.02. The van der Waals surface area contributed by atoms with E-state index in [9.17, 15) is 0 Å². The van der Waals surface area contributed by atoms with Crippen LogP contribution in [0.3, 0.4) is 0 Å². The molecular weight excluding hydrogens is 240 g/mol. The van der Waals surface area contributed by atoms with E-state index in [0.717, 1.165) is 44.2 Å². The summed E-state index contributed by atoms with van der Waals surface area (Å²) in [4.78, 5) is 2.16. The molecule has 0 saturated heterocycles. The van der Waals surface area contributed by atoms with Gasteiger partial charge in [-0.25, -0.2) is 0 Å². The summed E-state index contributed by atoms with van der Waals surface area (Å²) in [5.74, 6) is 1.79. The lowest BCUT2D eigenvalue weighted by molar-refractivity contribution is 0.303. The fourth-order valence-electron chi connectivity index (χ4n) is 1.52. The highest BCUT2D eigenvalue weighted by Crippen LogP contribution is 2.17.